The summed E-state index contributed by atoms with van der Waals surface area (Å²) in [6, 6.07) is 12.8. The van der Waals surface area contributed by atoms with Gasteiger partial charge in [0, 0.05) is 33.5 Å². The van der Waals surface area contributed by atoms with Crippen molar-refractivity contribution >= 4 is 50.6 Å². The number of nitrogens with zero attached hydrogens (tertiary/aromatic N) is 2. The fourth-order valence-electron chi connectivity index (χ4n) is 2.50. The first-order chi connectivity index (χ1) is 13.0. The molecule has 0 aliphatic carbocycles. The van der Waals surface area contributed by atoms with Crippen molar-refractivity contribution in [1.29, 1.82) is 0 Å². The third-order valence-corrected chi connectivity index (χ3v) is 4.79. The summed E-state index contributed by atoms with van der Waals surface area (Å²) in [4.78, 5) is 27.0. The van der Waals surface area contributed by atoms with Crippen molar-refractivity contribution in [2.24, 2.45) is 0 Å². The van der Waals surface area contributed by atoms with Crippen molar-refractivity contribution in [1.82, 2.24) is 4.98 Å². The van der Waals surface area contributed by atoms with Gasteiger partial charge in [-0.3, -0.25) is 20.2 Å². The summed E-state index contributed by atoms with van der Waals surface area (Å²) < 4.78 is 5.53. The Bertz CT molecular complexity index is 1170. The minimum Gasteiger partial charge on any atom is -0.451 e. The Kier molecular flexibility index (Phi) is 4.35. The number of hydrogen-bond acceptors (Lipinski definition) is 6. The lowest BCUT2D eigenvalue weighted by atomic mass is 10.1. The van der Waals surface area contributed by atoms with Crippen LogP contribution in [0.5, 0.6) is 0 Å². The lowest BCUT2D eigenvalue weighted by molar-refractivity contribution is -0.384. The van der Waals surface area contributed by atoms with E-state index in [2.05, 4.69) is 10.3 Å². The number of carbonyl (C=O) groups is 1. The molecule has 0 radical (unpaired) electrons. The van der Waals surface area contributed by atoms with Gasteiger partial charge in [0.1, 0.15) is 5.58 Å². The normalized spacial score (nSPS) is 10.9. The van der Waals surface area contributed by atoms with Gasteiger partial charge in [-0.1, -0.05) is 11.6 Å². The largest absolute Gasteiger partial charge is 0.451 e. The third-order valence-electron chi connectivity index (χ3n) is 3.80. The summed E-state index contributed by atoms with van der Waals surface area (Å²) >= 11 is 7.18. The molecule has 4 rings (SSSR count). The molecular weight excluding hydrogens is 390 g/mol. The van der Waals surface area contributed by atoms with Crippen LogP contribution in [0.2, 0.25) is 5.02 Å². The molecule has 1 amide bonds. The number of halogens is 1. The quantitative estimate of drug-likeness (QED) is 0.367. The molecule has 0 atom stereocenters. The number of aromatic nitrogens is 1. The van der Waals surface area contributed by atoms with Crippen molar-refractivity contribution in [3.8, 4) is 11.3 Å². The fourth-order valence-corrected chi connectivity index (χ4v) is 3.40. The van der Waals surface area contributed by atoms with Crippen LogP contribution in [0.15, 0.2) is 58.3 Å². The highest BCUT2D eigenvalue weighted by Crippen LogP contribution is 2.28. The molecule has 7 nitrogen and oxygen atoms in total. The molecule has 27 heavy (non-hydrogen) atoms. The molecule has 2 aromatic carbocycles. The number of furan rings is 1. The predicted molar refractivity (Wildman–Crippen MR) is 103 cm³/mol. The average molecular weight is 400 g/mol. The van der Waals surface area contributed by atoms with Crippen LogP contribution in [0.25, 0.3) is 22.2 Å². The zero-order valence-electron chi connectivity index (χ0n) is 13.5. The Hall–Kier alpha value is -3.23. The maximum absolute atomic E-state index is 12.4. The molecule has 0 aliphatic heterocycles. The highest BCUT2D eigenvalue weighted by molar-refractivity contribution is 7.14. The highest BCUT2D eigenvalue weighted by atomic mass is 35.5. The zero-order chi connectivity index (χ0) is 19.0. The Labute approximate surface area is 161 Å². The first-order valence-electron chi connectivity index (χ1n) is 7.70. The van der Waals surface area contributed by atoms with E-state index in [9.17, 15) is 14.9 Å². The first kappa shape index (κ1) is 17.2. The number of nitrogens with one attached hydrogen (secondary N) is 1. The fraction of sp³-hybridized carbons (Fsp3) is 0. The van der Waals surface area contributed by atoms with Crippen LogP contribution in [0.4, 0.5) is 10.8 Å². The number of carbonyl (C=O) groups excluding carboxylic acids is 1. The molecule has 2 heterocycles. The van der Waals surface area contributed by atoms with E-state index in [1.807, 2.05) is 0 Å². The van der Waals surface area contributed by atoms with Gasteiger partial charge in [-0.2, -0.15) is 0 Å². The van der Waals surface area contributed by atoms with Crippen molar-refractivity contribution in [2.45, 2.75) is 0 Å². The van der Waals surface area contributed by atoms with E-state index in [0.717, 1.165) is 10.9 Å². The number of nitro groups is 1. The zero-order valence-corrected chi connectivity index (χ0v) is 15.1. The summed E-state index contributed by atoms with van der Waals surface area (Å²) in [6.07, 6.45) is 0. The minimum absolute atomic E-state index is 0.00694. The van der Waals surface area contributed by atoms with Crippen LogP contribution in [-0.4, -0.2) is 15.8 Å². The number of amides is 1. The molecule has 0 aliphatic rings. The van der Waals surface area contributed by atoms with Gasteiger partial charge < -0.3 is 4.42 Å². The topological polar surface area (TPSA) is 98.3 Å². The van der Waals surface area contributed by atoms with E-state index < -0.39 is 10.8 Å². The number of thiazole rings is 1. The van der Waals surface area contributed by atoms with Gasteiger partial charge in [0.15, 0.2) is 10.9 Å². The Morgan fingerprint density at radius 2 is 1.96 bits per heavy atom. The summed E-state index contributed by atoms with van der Waals surface area (Å²) in [5.41, 5.74) is 1.90. The minimum atomic E-state index is -0.461. The van der Waals surface area contributed by atoms with Gasteiger partial charge in [0.05, 0.1) is 10.6 Å². The summed E-state index contributed by atoms with van der Waals surface area (Å²) in [7, 11) is 0. The Balaban J connectivity index is 1.52. The standard InChI is InChI=1S/C18H10ClN3O4S/c19-12-3-6-15-11(7-12)8-16(26-15)17(23)21-18-20-14(9-27-18)10-1-4-13(5-2-10)22(24)25/h1-9H,(H,20,21,23). The Morgan fingerprint density at radius 3 is 2.70 bits per heavy atom. The van der Waals surface area contributed by atoms with E-state index in [-0.39, 0.29) is 11.4 Å². The van der Waals surface area contributed by atoms with Crippen molar-refractivity contribution in [3.05, 3.63) is 74.8 Å². The summed E-state index contributed by atoms with van der Waals surface area (Å²) in [6.45, 7) is 0. The number of rotatable bonds is 4. The molecule has 134 valence electrons. The van der Waals surface area contributed by atoms with Crippen LogP contribution >= 0.6 is 22.9 Å². The van der Waals surface area contributed by atoms with Gasteiger partial charge in [-0.05, 0) is 36.4 Å². The number of nitro benzene ring substituents is 1. The maximum atomic E-state index is 12.4. The molecule has 0 bridgehead atoms. The molecule has 0 saturated carbocycles. The lowest BCUT2D eigenvalue weighted by Crippen LogP contribution is -2.10. The second-order valence-electron chi connectivity index (χ2n) is 5.59. The van der Waals surface area contributed by atoms with Crippen LogP contribution in [-0.2, 0) is 0 Å². The highest BCUT2D eigenvalue weighted by Gasteiger charge is 2.15. The van der Waals surface area contributed by atoms with Crippen molar-refractivity contribution in [3.63, 3.8) is 0 Å². The molecular formula is C18H10ClN3O4S. The van der Waals surface area contributed by atoms with E-state index in [4.69, 9.17) is 16.0 Å². The molecule has 0 fully saturated rings. The van der Waals surface area contributed by atoms with Crippen molar-refractivity contribution in [2.75, 3.05) is 5.32 Å². The SMILES string of the molecule is O=C(Nc1nc(-c2ccc([N+](=O)[O-])cc2)cs1)c1cc2cc(Cl)ccc2o1. The third kappa shape index (κ3) is 3.53. The molecule has 0 unspecified atom stereocenters. The van der Waals surface area contributed by atoms with Crippen molar-refractivity contribution < 1.29 is 14.1 Å². The lowest BCUT2D eigenvalue weighted by Gasteiger charge is -1.98. The molecule has 4 aromatic rings. The molecule has 1 N–H and O–H groups in total. The van der Waals surface area contributed by atoms with E-state index >= 15 is 0 Å². The number of non-ortho nitro benzene ring substituents is 1. The van der Waals surface area contributed by atoms with Gasteiger partial charge in [-0.25, -0.2) is 4.98 Å². The van der Waals surface area contributed by atoms with Crippen LogP contribution < -0.4 is 5.32 Å². The number of fused-ring (bicyclic) bond motifs is 1. The molecule has 0 saturated heterocycles. The Morgan fingerprint density at radius 1 is 1.19 bits per heavy atom. The van der Waals surface area contributed by atoms with E-state index in [1.54, 1.807) is 41.8 Å². The van der Waals surface area contributed by atoms with Crippen LogP contribution in [0.3, 0.4) is 0 Å². The van der Waals surface area contributed by atoms with E-state index in [0.29, 0.717) is 21.4 Å². The summed E-state index contributed by atoms with van der Waals surface area (Å²) in [5, 5.41) is 16.9. The maximum Gasteiger partial charge on any atom is 0.293 e. The number of anilines is 1. The van der Waals surface area contributed by atoms with Crippen LogP contribution in [0, 0.1) is 10.1 Å². The molecule has 2 aromatic heterocycles. The predicted octanol–water partition coefficient (Wildman–Crippen LogP) is 5.37. The van der Waals surface area contributed by atoms with Gasteiger partial charge >= 0.3 is 0 Å². The number of hydrogen-bond donors (Lipinski definition) is 1. The van der Waals surface area contributed by atoms with Gasteiger partial charge in [0.25, 0.3) is 11.6 Å². The van der Waals surface area contributed by atoms with E-state index in [1.165, 1.54) is 23.5 Å². The second kappa shape index (κ2) is 6.82. The number of benzene rings is 2. The van der Waals surface area contributed by atoms with Gasteiger partial charge in [-0.15, -0.1) is 11.3 Å². The second-order valence-corrected chi connectivity index (χ2v) is 6.88. The summed E-state index contributed by atoms with van der Waals surface area (Å²) in [5.74, 6) is -0.272. The molecule has 9 heteroatoms. The first-order valence-corrected chi connectivity index (χ1v) is 8.96. The average Bonchev–Trinajstić information content (AvgIpc) is 3.28. The van der Waals surface area contributed by atoms with Gasteiger partial charge in [0.2, 0.25) is 0 Å². The van der Waals surface area contributed by atoms with Crippen LogP contribution in [0.1, 0.15) is 10.6 Å². The smallest absolute Gasteiger partial charge is 0.293 e. The molecule has 0 spiro atoms. The monoisotopic (exact) mass is 399 g/mol.